The Bertz CT molecular complexity index is 717. The molecule has 0 bridgehead atoms. The van der Waals surface area contributed by atoms with Crippen LogP contribution in [0.3, 0.4) is 0 Å². The molecule has 5 nitrogen and oxygen atoms in total. The number of nitrogens with zero attached hydrogens (tertiary/aromatic N) is 1. The highest BCUT2D eigenvalue weighted by molar-refractivity contribution is 5.73. The molecular weight excluding hydrogens is 268 g/mol. The van der Waals surface area contributed by atoms with Gasteiger partial charge < -0.3 is 15.4 Å². The standard InChI is InChI=1S/C16H18N2O3/c1-10-7-8-18(2)15(19)14(10)12-5-3-11(4-6-12)9-13(17)16(20)21/h3-8,13H,9,17H2,1-2H3,(H,20,21). The smallest absolute Gasteiger partial charge is 0.320 e. The van der Waals surface area contributed by atoms with Gasteiger partial charge in [-0.3, -0.25) is 9.59 Å². The normalized spacial score (nSPS) is 12.1. The van der Waals surface area contributed by atoms with Gasteiger partial charge in [-0.1, -0.05) is 24.3 Å². The molecule has 1 heterocycles. The molecule has 21 heavy (non-hydrogen) atoms. The number of rotatable bonds is 4. The summed E-state index contributed by atoms with van der Waals surface area (Å²) in [7, 11) is 1.71. The van der Waals surface area contributed by atoms with E-state index in [1.54, 1.807) is 13.2 Å². The number of aryl methyl sites for hydroxylation is 2. The van der Waals surface area contributed by atoms with Crippen LogP contribution in [0.1, 0.15) is 11.1 Å². The Morgan fingerprint density at radius 1 is 1.29 bits per heavy atom. The van der Waals surface area contributed by atoms with Crippen molar-refractivity contribution in [1.29, 1.82) is 0 Å². The van der Waals surface area contributed by atoms with Gasteiger partial charge in [-0.2, -0.15) is 0 Å². The van der Waals surface area contributed by atoms with Crippen molar-refractivity contribution in [3.63, 3.8) is 0 Å². The van der Waals surface area contributed by atoms with E-state index in [2.05, 4.69) is 0 Å². The number of hydrogen-bond acceptors (Lipinski definition) is 3. The molecule has 2 aromatic rings. The number of carboxylic acid groups (broad SMARTS) is 1. The molecule has 0 saturated carbocycles. The Balaban J connectivity index is 2.34. The first-order valence-electron chi connectivity index (χ1n) is 6.64. The third-order valence-corrected chi connectivity index (χ3v) is 3.49. The molecule has 1 unspecified atom stereocenters. The molecule has 0 aliphatic carbocycles. The zero-order chi connectivity index (χ0) is 15.6. The topological polar surface area (TPSA) is 85.3 Å². The van der Waals surface area contributed by atoms with Crippen LogP contribution in [0.5, 0.6) is 0 Å². The lowest BCUT2D eigenvalue weighted by atomic mass is 9.99. The highest BCUT2D eigenvalue weighted by atomic mass is 16.4. The summed E-state index contributed by atoms with van der Waals surface area (Å²) in [4.78, 5) is 23.0. The van der Waals surface area contributed by atoms with Crippen molar-refractivity contribution in [2.24, 2.45) is 12.8 Å². The number of benzene rings is 1. The Morgan fingerprint density at radius 2 is 1.90 bits per heavy atom. The highest BCUT2D eigenvalue weighted by Gasteiger charge is 2.13. The molecule has 1 aromatic carbocycles. The van der Waals surface area contributed by atoms with Crippen molar-refractivity contribution in [3.8, 4) is 11.1 Å². The molecule has 0 saturated heterocycles. The molecule has 0 radical (unpaired) electrons. The first-order chi connectivity index (χ1) is 9.90. The summed E-state index contributed by atoms with van der Waals surface area (Å²) in [6.45, 7) is 1.89. The predicted octanol–water partition coefficient (Wildman–Crippen LogP) is 1.32. The fraction of sp³-hybridized carbons (Fsp3) is 0.250. The second-order valence-corrected chi connectivity index (χ2v) is 5.14. The number of carboxylic acids is 1. The Labute approximate surface area is 122 Å². The molecule has 5 heteroatoms. The first kappa shape index (κ1) is 15.0. The molecule has 0 aliphatic rings. The number of nitrogens with two attached hydrogens (primary N) is 1. The van der Waals surface area contributed by atoms with Crippen LogP contribution >= 0.6 is 0 Å². The number of carbonyl (C=O) groups is 1. The number of aliphatic carboxylic acids is 1. The third-order valence-electron chi connectivity index (χ3n) is 3.49. The van der Waals surface area contributed by atoms with E-state index in [0.717, 1.165) is 16.7 Å². The van der Waals surface area contributed by atoms with Crippen LogP contribution in [0, 0.1) is 6.92 Å². The van der Waals surface area contributed by atoms with E-state index < -0.39 is 12.0 Å². The lowest BCUT2D eigenvalue weighted by Crippen LogP contribution is -2.32. The predicted molar refractivity (Wildman–Crippen MR) is 81.2 cm³/mol. The summed E-state index contributed by atoms with van der Waals surface area (Å²) in [6, 6.07) is 8.25. The second-order valence-electron chi connectivity index (χ2n) is 5.14. The fourth-order valence-corrected chi connectivity index (χ4v) is 2.22. The first-order valence-corrected chi connectivity index (χ1v) is 6.64. The summed E-state index contributed by atoms with van der Waals surface area (Å²) >= 11 is 0. The van der Waals surface area contributed by atoms with E-state index in [4.69, 9.17) is 10.8 Å². The van der Waals surface area contributed by atoms with Gasteiger partial charge in [-0.15, -0.1) is 0 Å². The van der Waals surface area contributed by atoms with Gasteiger partial charge in [0.05, 0.1) is 5.56 Å². The van der Waals surface area contributed by atoms with Crippen LogP contribution in [-0.2, 0) is 18.3 Å². The zero-order valence-corrected chi connectivity index (χ0v) is 12.0. The minimum atomic E-state index is -1.02. The van der Waals surface area contributed by atoms with Gasteiger partial charge >= 0.3 is 5.97 Å². The Hall–Kier alpha value is -2.40. The average Bonchev–Trinajstić information content (AvgIpc) is 2.45. The number of hydrogen-bond donors (Lipinski definition) is 2. The van der Waals surface area contributed by atoms with E-state index >= 15 is 0 Å². The summed E-state index contributed by atoms with van der Waals surface area (Å²) in [5.74, 6) is -1.02. The van der Waals surface area contributed by atoms with Crippen LogP contribution in [0.2, 0.25) is 0 Å². The van der Waals surface area contributed by atoms with Gasteiger partial charge in [-0.25, -0.2) is 0 Å². The molecule has 0 fully saturated rings. The summed E-state index contributed by atoms with van der Waals surface area (Å²) < 4.78 is 1.54. The number of pyridine rings is 1. The monoisotopic (exact) mass is 286 g/mol. The van der Waals surface area contributed by atoms with Crippen LogP contribution in [0.4, 0.5) is 0 Å². The van der Waals surface area contributed by atoms with Gasteiger partial charge in [0.15, 0.2) is 0 Å². The van der Waals surface area contributed by atoms with E-state index in [-0.39, 0.29) is 12.0 Å². The molecule has 0 amide bonds. The number of aromatic nitrogens is 1. The maximum Gasteiger partial charge on any atom is 0.320 e. The van der Waals surface area contributed by atoms with Gasteiger partial charge in [0, 0.05) is 13.2 Å². The van der Waals surface area contributed by atoms with Crippen molar-refractivity contribution >= 4 is 5.97 Å². The van der Waals surface area contributed by atoms with Gasteiger partial charge in [0.1, 0.15) is 6.04 Å². The SMILES string of the molecule is Cc1ccn(C)c(=O)c1-c1ccc(CC(N)C(=O)O)cc1. The van der Waals surface area contributed by atoms with Gasteiger partial charge in [0.2, 0.25) is 0 Å². The van der Waals surface area contributed by atoms with Crippen LogP contribution in [0.25, 0.3) is 11.1 Å². The van der Waals surface area contributed by atoms with Crippen LogP contribution < -0.4 is 11.3 Å². The molecule has 1 aromatic heterocycles. The summed E-state index contributed by atoms with van der Waals surface area (Å²) in [5, 5.41) is 8.81. The molecule has 0 aliphatic heterocycles. The quantitative estimate of drug-likeness (QED) is 0.887. The third kappa shape index (κ3) is 3.20. The van der Waals surface area contributed by atoms with E-state index in [1.807, 2.05) is 37.3 Å². The van der Waals surface area contributed by atoms with Gasteiger partial charge in [-0.05, 0) is 36.1 Å². The second kappa shape index (κ2) is 5.93. The van der Waals surface area contributed by atoms with E-state index in [9.17, 15) is 9.59 Å². The molecule has 2 rings (SSSR count). The lowest BCUT2D eigenvalue weighted by molar-refractivity contribution is -0.138. The Morgan fingerprint density at radius 3 is 2.48 bits per heavy atom. The molecule has 0 spiro atoms. The molecule has 110 valence electrons. The maximum absolute atomic E-state index is 12.2. The summed E-state index contributed by atoms with van der Waals surface area (Å²) in [6.07, 6.45) is 2.00. The fourth-order valence-electron chi connectivity index (χ4n) is 2.22. The molecule has 1 atom stereocenters. The lowest BCUT2D eigenvalue weighted by Gasteiger charge is -2.10. The van der Waals surface area contributed by atoms with Crippen molar-refractivity contribution in [2.75, 3.05) is 0 Å². The summed E-state index contributed by atoms with van der Waals surface area (Å²) in [5.41, 5.74) is 8.69. The average molecular weight is 286 g/mol. The minimum Gasteiger partial charge on any atom is -0.480 e. The zero-order valence-electron chi connectivity index (χ0n) is 12.0. The van der Waals surface area contributed by atoms with Crippen LogP contribution in [-0.4, -0.2) is 21.7 Å². The highest BCUT2D eigenvalue weighted by Crippen LogP contribution is 2.20. The van der Waals surface area contributed by atoms with E-state index in [0.29, 0.717) is 5.56 Å². The van der Waals surface area contributed by atoms with Crippen molar-refractivity contribution < 1.29 is 9.90 Å². The maximum atomic E-state index is 12.2. The van der Waals surface area contributed by atoms with Gasteiger partial charge in [0.25, 0.3) is 5.56 Å². The molecular formula is C16H18N2O3. The van der Waals surface area contributed by atoms with E-state index in [1.165, 1.54) is 4.57 Å². The van der Waals surface area contributed by atoms with Crippen LogP contribution in [0.15, 0.2) is 41.3 Å². The van der Waals surface area contributed by atoms with Crippen molar-refractivity contribution in [3.05, 3.63) is 58.0 Å². The Kier molecular flexibility index (Phi) is 4.23. The molecule has 3 N–H and O–H groups in total. The minimum absolute atomic E-state index is 0.0509. The largest absolute Gasteiger partial charge is 0.480 e. The van der Waals surface area contributed by atoms with Crippen molar-refractivity contribution in [2.45, 2.75) is 19.4 Å². The van der Waals surface area contributed by atoms with Crippen molar-refractivity contribution in [1.82, 2.24) is 4.57 Å².